The van der Waals surface area contributed by atoms with E-state index in [1.807, 2.05) is 13.8 Å². The molecule has 2 heterocycles. The number of fused-ring (bicyclic) bond motifs is 1. The fraction of sp³-hybridized carbons (Fsp3) is 0.615. The lowest BCUT2D eigenvalue weighted by atomic mass is 10.1. The number of hydrogen-bond acceptors (Lipinski definition) is 4. The van der Waals surface area contributed by atoms with E-state index in [9.17, 15) is 9.59 Å². The van der Waals surface area contributed by atoms with Crippen LogP contribution in [0.4, 0.5) is 0 Å². The average molecular weight is 316 g/mol. The molecule has 21 heavy (non-hydrogen) atoms. The van der Waals surface area contributed by atoms with Crippen LogP contribution in [0, 0.1) is 5.92 Å². The Bertz CT molecular complexity index is 501. The summed E-state index contributed by atoms with van der Waals surface area (Å²) < 4.78 is 0. The van der Waals surface area contributed by atoms with E-state index in [1.165, 1.54) is 0 Å². The first kappa shape index (κ1) is 17.5. The Morgan fingerprint density at radius 3 is 2.71 bits per heavy atom. The van der Waals surface area contributed by atoms with E-state index in [4.69, 9.17) is 0 Å². The molecule has 1 aliphatic heterocycles. The molecule has 1 aromatic heterocycles. The number of amides is 2. The summed E-state index contributed by atoms with van der Waals surface area (Å²) in [5, 5.41) is 15.7. The minimum Gasteiger partial charge on any atom is -0.354 e. The molecule has 0 fully saturated rings. The molecule has 0 saturated carbocycles. The standard InChI is InChI=1S/C13H21N5O2.ClH/c1-8(2)12(19)15-5-6-16-13(20)11-9-7-14-4-3-10(9)17-18-11;/h8,14H,3-7H2,1-2H3,(H,15,19)(H,16,20)(H,17,18);1H. The summed E-state index contributed by atoms with van der Waals surface area (Å²) in [7, 11) is 0. The zero-order chi connectivity index (χ0) is 14.5. The van der Waals surface area contributed by atoms with Crippen molar-refractivity contribution in [1.82, 2.24) is 26.1 Å². The number of nitrogens with one attached hydrogen (secondary N) is 4. The van der Waals surface area contributed by atoms with Gasteiger partial charge in [0.05, 0.1) is 0 Å². The normalized spacial score (nSPS) is 13.3. The molecule has 0 aromatic carbocycles. The summed E-state index contributed by atoms with van der Waals surface area (Å²) in [5.74, 6) is -0.263. The maximum absolute atomic E-state index is 12.0. The fourth-order valence-electron chi connectivity index (χ4n) is 2.06. The zero-order valence-corrected chi connectivity index (χ0v) is 13.1. The molecular weight excluding hydrogens is 294 g/mol. The minimum absolute atomic E-state index is 0. The van der Waals surface area contributed by atoms with Gasteiger partial charge in [0.15, 0.2) is 5.69 Å². The third-order valence-corrected chi connectivity index (χ3v) is 3.26. The number of carbonyl (C=O) groups is 2. The fourth-order valence-corrected chi connectivity index (χ4v) is 2.06. The number of rotatable bonds is 5. The van der Waals surface area contributed by atoms with E-state index in [1.54, 1.807) is 0 Å². The third-order valence-electron chi connectivity index (χ3n) is 3.26. The molecule has 0 aliphatic carbocycles. The molecular formula is C13H22ClN5O2. The van der Waals surface area contributed by atoms with E-state index in [0.29, 0.717) is 25.3 Å². The number of nitrogens with zero attached hydrogens (tertiary/aromatic N) is 1. The molecule has 0 radical (unpaired) electrons. The second-order valence-corrected chi connectivity index (χ2v) is 5.16. The van der Waals surface area contributed by atoms with Crippen LogP contribution in [-0.2, 0) is 17.8 Å². The van der Waals surface area contributed by atoms with Gasteiger partial charge < -0.3 is 16.0 Å². The molecule has 1 aliphatic rings. The lowest BCUT2D eigenvalue weighted by Gasteiger charge is -2.13. The van der Waals surface area contributed by atoms with Crippen LogP contribution in [-0.4, -0.2) is 41.6 Å². The molecule has 0 spiro atoms. The van der Waals surface area contributed by atoms with Gasteiger partial charge in [0.2, 0.25) is 5.91 Å². The summed E-state index contributed by atoms with van der Waals surface area (Å²) in [6.45, 7) is 6.05. The van der Waals surface area contributed by atoms with Gasteiger partial charge in [-0.25, -0.2) is 0 Å². The van der Waals surface area contributed by atoms with Gasteiger partial charge in [0.25, 0.3) is 5.91 Å². The lowest BCUT2D eigenvalue weighted by Crippen LogP contribution is -2.37. The third kappa shape index (κ3) is 4.44. The first-order chi connectivity index (χ1) is 9.59. The second kappa shape index (κ2) is 7.99. The molecule has 118 valence electrons. The lowest BCUT2D eigenvalue weighted by molar-refractivity contribution is -0.123. The maximum atomic E-state index is 12.0. The second-order valence-electron chi connectivity index (χ2n) is 5.16. The number of aromatic nitrogens is 2. The van der Waals surface area contributed by atoms with E-state index >= 15 is 0 Å². The Balaban J connectivity index is 0.00000220. The van der Waals surface area contributed by atoms with E-state index in [-0.39, 0.29) is 30.1 Å². The van der Waals surface area contributed by atoms with Crippen LogP contribution in [0.25, 0.3) is 0 Å². The molecule has 4 N–H and O–H groups in total. The Kier molecular flexibility index (Phi) is 6.64. The highest BCUT2D eigenvalue weighted by molar-refractivity contribution is 5.94. The Morgan fingerprint density at radius 1 is 1.29 bits per heavy atom. The van der Waals surface area contributed by atoms with Gasteiger partial charge in [0, 0.05) is 49.8 Å². The molecule has 0 unspecified atom stereocenters. The van der Waals surface area contributed by atoms with Crippen molar-refractivity contribution in [1.29, 1.82) is 0 Å². The topological polar surface area (TPSA) is 98.9 Å². The van der Waals surface area contributed by atoms with Crippen molar-refractivity contribution < 1.29 is 9.59 Å². The molecule has 0 bridgehead atoms. The molecule has 1 aromatic rings. The van der Waals surface area contributed by atoms with Crippen molar-refractivity contribution in [3.05, 3.63) is 17.0 Å². The van der Waals surface area contributed by atoms with Crippen molar-refractivity contribution in [3.8, 4) is 0 Å². The summed E-state index contributed by atoms with van der Waals surface area (Å²) in [5.41, 5.74) is 2.42. The predicted octanol–water partition coefficient (Wildman–Crippen LogP) is -0.0208. The van der Waals surface area contributed by atoms with E-state index < -0.39 is 0 Å². The number of halogens is 1. The van der Waals surface area contributed by atoms with Gasteiger partial charge in [-0.15, -0.1) is 12.4 Å². The van der Waals surface area contributed by atoms with Crippen molar-refractivity contribution in [2.45, 2.75) is 26.8 Å². The van der Waals surface area contributed by atoms with Gasteiger partial charge >= 0.3 is 0 Å². The largest absolute Gasteiger partial charge is 0.354 e. The number of H-pyrrole nitrogens is 1. The van der Waals surface area contributed by atoms with Crippen molar-refractivity contribution in [3.63, 3.8) is 0 Å². The summed E-state index contributed by atoms with van der Waals surface area (Å²) in [6.07, 6.45) is 0.861. The first-order valence-electron chi connectivity index (χ1n) is 6.92. The van der Waals surface area contributed by atoms with Crippen LogP contribution in [0.2, 0.25) is 0 Å². The van der Waals surface area contributed by atoms with Gasteiger partial charge in [-0.1, -0.05) is 13.8 Å². The SMILES string of the molecule is CC(C)C(=O)NCCNC(=O)c1n[nH]c2c1CNCC2.Cl. The Hall–Kier alpha value is -1.60. The minimum atomic E-state index is -0.204. The zero-order valence-electron chi connectivity index (χ0n) is 12.3. The van der Waals surface area contributed by atoms with Gasteiger partial charge in [-0.3, -0.25) is 14.7 Å². The van der Waals surface area contributed by atoms with Crippen LogP contribution >= 0.6 is 12.4 Å². The highest BCUT2D eigenvalue weighted by atomic mass is 35.5. The van der Waals surface area contributed by atoms with Crippen molar-refractivity contribution >= 4 is 24.2 Å². The summed E-state index contributed by atoms with van der Waals surface area (Å²) in [6, 6.07) is 0. The highest BCUT2D eigenvalue weighted by Gasteiger charge is 2.21. The Labute approximate surface area is 130 Å². The Morgan fingerprint density at radius 2 is 2.00 bits per heavy atom. The van der Waals surface area contributed by atoms with Crippen LogP contribution in [0.3, 0.4) is 0 Å². The first-order valence-corrected chi connectivity index (χ1v) is 6.92. The molecule has 2 rings (SSSR count). The number of hydrogen-bond donors (Lipinski definition) is 4. The van der Waals surface area contributed by atoms with Crippen molar-refractivity contribution in [2.24, 2.45) is 5.92 Å². The highest BCUT2D eigenvalue weighted by Crippen LogP contribution is 2.14. The van der Waals surface area contributed by atoms with Crippen LogP contribution in [0.1, 0.15) is 35.6 Å². The molecule has 8 heteroatoms. The van der Waals surface area contributed by atoms with E-state index in [2.05, 4.69) is 26.1 Å². The van der Waals surface area contributed by atoms with Gasteiger partial charge in [0.1, 0.15) is 0 Å². The maximum Gasteiger partial charge on any atom is 0.272 e. The van der Waals surface area contributed by atoms with E-state index in [0.717, 1.165) is 24.2 Å². The smallest absolute Gasteiger partial charge is 0.272 e. The molecule has 2 amide bonds. The predicted molar refractivity (Wildman–Crippen MR) is 81.4 cm³/mol. The van der Waals surface area contributed by atoms with Gasteiger partial charge in [-0.2, -0.15) is 5.10 Å². The summed E-state index contributed by atoms with van der Waals surface area (Å²) in [4.78, 5) is 23.4. The van der Waals surface area contributed by atoms with Crippen LogP contribution in [0.15, 0.2) is 0 Å². The van der Waals surface area contributed by atoms with Crippen molar-refractivity contribution in [2.75, 3.05) is 19.6 Å². The molecule has 7 nitrogen and oxygen atoms in total. The molecule has 0 saturated heterocycles. The van der Waals surface area contributed by atoms with Crippen LogP contribution in [0.5, 0.6) is 0 Å². The number of aromatic amines is 1. The monoisotopic (exact) mass is 315 g/mol. The number of carbonyl (C=O) groups excluding carboxylic acids is 2. The van der Waals surface area contributed by atoms with Gasteiger partial charge in [-0.05, 0) is 0 Å². The average Bonchev–Trinajstić information content (AvgIpc) is 2.87. The molecule has 0 atom stereocenters. The summed E-state index contributed by atoms with van der Waals surface area (Å²) >= 11 is 0. The van der Waals surface area contributed by atoms with Crippen LogP contribution < -0.4 is 16.0 Å². The quantitative estimate of drug-likeness (QED) is 0.574.